The fourth-order valence-corrected chi connectivity index (χ4v) is 9.45. The van der Waals surface area contributed by atoms with Crippen LogP contribution in [0, 0.1) is 23.0 Å². The van der Waals surface area contributed by atoms with E-state index in [2.05, 4.69) is 140 Å². The number of benzene rings is 9. The maximum absolute atomic E-state index is 14.2. The van der Waals surface area contributed by atoms with Gasteiger partial charge in [0.25, 0.3) is 0 Å². The Morgan fingerprint density at radius 1 is 0.339 bits per heavy atom. The van der Waals surface area contributed by atoms with Gasteiger partial charge in [-0.15, -0.1) is 0 Å². The van der Waals surface area contributed by atoms with Gasteiger partial charge in [-0.2, -0.15) is 5.26 Å². The molecule has 0 N–H and O–H groups in total. The zero-order valence-electron chi connectivity index (χ0n) is 33.0. The van der Waals surface area contributed by atoms with Gasteiger partial charge in [-0.25, -0.2) is 8.78 Å². The van der Waals surface area contributed by atoms with Crippen molar-refractivity contribution < 1.29 is 8.78 Å². The molecule has 0 saturated carbocycles. The molecule has 0 bridgehead atoms. The first-order valence-electron chi connectivity index (χ1n) is 20.4. The number of para-hydroxylation sites is 3. The maximum Gasteiger partial charge on any atom is 0.123 e. The molecule has 12 rings (SSSR count). The van der Waals surface area contributed by atoms with E-state index in [4.69, 9.17) is 0 Å². The molecule has 7 heteroatoms. The van der Waals surface area contributed by atoms with E-state index in [1.165, 1.54) is 24.3 Å². The van der Waals surface area contributed by atoms with E-state index in [-0.39, 0.29) is 11.6 Å². The highest BCUT2D eigenvalue weighted by atomic mass is 19.1. The van der Waals surface area contributed by atoms with Gasteiger partial charge in [0.2, 0.25) is 0 Å². The molecular formula is C55H33F2N5. The van der Waals surface area contributed by atoms with Gasteiger partial charge in [-0.1, -0.05) is 54.6 Å². The third-order valence-corrected chi connectivity index (χ3v) is 12.2. The molecule has 3 aromatic heterocycles. The van der Waals surface area contributed by atoms with Crippen molar-refractivity contribution >= 4 is 82.5 Å². The molecule has 0 spiro atoms. The quantitative estimate of drug-likeness (QED) is 0.168. The van der Waals surface area contributed by atoms with Crippen LogP contribution in [0.1, 0.15) is 5.56 Å². The summed E-state index contributed by atoms with van der Waals surface area (Å²) < 4.78 is 35.0. The lowest BCUT2D eigenvalue weighted by molar-refractivity contribution is 0.627. The third kappa shape index (κ3) is 5.44. The Kier molecular flexibility index (Phi) is 7.90. The summed E-state index contributed by atoms with van der Waals surface area (Å²) in [6.07, 6.45) is 0. The van der Waals surface area contributed by atoms with E-state index >= 15 is 0 Å². The van der Waals surface area contributed by atoms with Crippen molar-refractivity contribution in [3.63, 3.8) is 0 Å². The molecule has 0 aliphatic rings. The number of hydrogen-bond donors (Lipinski definition) is 0. The molecule has 0 aliphatic heterocycles. The molecule has 0 unspecified atom stereocenters. The second-order valence-corrected chi connectivity index (χ2v) is 15.6. The number of nitriles is 1. The number of hydrogen-bond acceptors (Lipinski definition) is 2. The summed E-state index contributed by atoms with van der Waals surface area (Å²) in [6, 6.07) is 68.2. The van der Waals surface area contributed by atoms with E-state index in [1.54, 1.807) is 0 Å². The zero-order chi connectivity index (χ0) is 41.5. The number of nitrogens with zero attached hydrogens (tertiary/aromatic N) is 5. The van der Waals surface area contributed by atoms with Crippen LogP contribution in [0.15, 0.2) is 200 Å². The smallest absolute Gasteiger partial charge is 0.123 e. The predicted octanol–water partition coefficient (Wildman–Crippen LogP) is 14.6. The van der Waals surface area contributed by atoms with E-state index in [0.29, 0.717) is 5.56 Å². The highest BCUT2D eigenvalue weighted by molar-refractivity contribution is 6.14. The van der Waals surface area contributed by atoms with Crippen molar-refractivity contribution in [2.45, 2.75) is 0 Å². The Bertz CT molecular complexity index is 3610. The Balaban J connectivity index is 1.12. The van der Waals surface area contributed by atoms with Gasteiger partial charge >= 0.3 is 0 Å². The van der Waals surface area contributed by atoms with Crippen LogP contribution in [0.4, 0.5) is 25.8 Å². The monoisotopic (exact) mass is 801 g/mol. The van der Waals surface area contributed by atoms with Crippen LogP contribution in [0.3, 0.4) is 0 Å². The van der Waals surface area contributed by atoms with Crippen molar-refractivity contribution in [3.8, 4) is 23.1 Å². The van der Waals surface area contributed by atoms with Crippen LogP contribution in [-0.4, -0.2) is 13.7 Å². The summed E-state index contributed by atoms with van der Waals surface area (Å²) in [4.78, 5) is 2.32. The molecule has 0 atom stereocenters. The molecule has 9 aromatic carbocycles. The Morgan fingerprint density at radius 3 is 0.984 bits per heavy atom. The van der Waals surface area contributed by atoms with Crippen molar-refractivity contribution in [2.75, 3.05) is 4.90 Å². The standard InChI is InChI=1S/C55H33F2N5/c56-36-15-21-39(22-16-36)61-51-11-5-2-8-45(51)48-32-42(26-29-54(48)61)59(43-27-30-55-49(33-43)46-9-3-6-12-52(46)62(55)40-23-17-37(57)18-24-40)41-25-28-53-47(31-41)44-7-1-4-10-50(44)60(53)38-19-13-35(34-58)14-20-38/h1-33H. The lowest BCUT2D eigenvalue weighted by Gasteiger charge is -2.26. The lowest BCUT2D eigenvalue weighted by atomic mass is 10.1. The number of rotatable bonds is 6. The van der Waals surface area contributed by atoms with Crippen LogP contribution in [0.5, 0.6) is 0 Å². The summed E-state index contributed by atoms with van der Waals surface area (Å²) in [6.45, 7) is 0. The molecule has 0 saturated heterocycles. The van der Waals surface area contributed by atoms with Crippen molar-refractivity contribution in [2.24, 2.45) is 0 Å². The second-order valence-electron chi connectivity index (χ2n) is 15.6. The van der Waals surface area contributed by atoms with Crippen LogP contribution in [0.25, 0.3) is 82.5 Å². The molecule has 0 amide bonds. The molecule has 62 heavy (non-hydrogen) atoms. The van der Waals surface area contributed by atoms with E-state index < -0.39 is 0 Å². The topological polar surface area (TPSA) is 41.8 Å². The normalized spacial score (nSPS) is 11.7. The molecule has 0 fully saturated rings. The summed E-state index contributed by atoms with van der Waals surface area (Å²) in [5, 5.41) is 16.1. The first kappa shape index (κ1) is 35.5. The van der Waals surface area contributed by atoms with Crippen LogP contribution < -0.4 is 4.90 Å². The Labute approximate surface area is 354 Å². The summed E-state index contributed by atoms with van der Waals surface area (Å²) >= 11 is 0. The number of anilines is 3. The van der Waals surface area contributed by atoms with Crippen molar-refractivity contribution in [3.05, 3.63) is 217 Å². The van der Waals surface area contributed by atoms with Gasteiger partial charge in [-0.05, 0) is 146 Å². The largest absolute Gasteiger partial charge is 0.310 e. The SMILES string of the molecule is N#Cc1ccc(-n2c3ccccc3c3cc(N(c4ccc5c(c4)c4ccccc4n5-c4ccc(F)cc4)c4ccc5c(c4)c4ccccc4n5-c4ccc(F)cc4)ccc32)cc1. The first-order valence-corrected chi connectivity index (χ1v) is 20.4. The fraction of sp³-hybridized carbons (Fsp3) is 0. The fourth-order valence-electron chi connectivity index (χ4n) is 9.45. The van der Waals surface area contributed by atoms with Crippen LogP contribution in [-0.2, 0) is 0 Å². The van der Waals surface area contributed by atoms with E-state index in [1.807, 2.05) is 60.7 Å². The van der Waals surface area contributed by atoms with Gasteiger partial charge in [0.1, 0.15) is 11.6 Å². The molecule has 3 heterocycles. The minimum atomic E-state index is -0.276. The average Bonchev–Trinajstić information content (AvgIpc) is 3.95. The second kappa shape index (κ2) is 13.8. The minimum Gasteiger partial charge on any atom is -0.310 e. The maximum atomic E-state index is 14.2. The Morgan fingerprint density at radius 2 is 0.645 bits per heavy atom. The Hall–Kier alpha value is -8.47. The van der Waals surface area contributed by atoms with E-state index in [9.17, 15) is 14.0 Å². The molecule has 292 valence electrons. The molecular weight excluding hydrogens is 769 g/mol. The van der Waals surface area contributed by atoms with Gasteiger partial charge in [0, 0.05) is 66.4 Å². The first-order chi connectivity index (χ1) is 30.5. The predicted molar refractivity (Wildman–Crippen MR) is 249 cm³/mol. The van der Waals surface area contributed by atoms with Gasteiger partial charge in [-0.3, -0.25) is 0 Å². The number of aromatic nitrogens is 3. The molecule has 12 aromatic rings. The highest BCUT2D eigenvalue weighted by Gasteiger charge is 2.22. The summed E-state index contributed by atoms with van der Waals surface area (Å²) in [5.41, 5.74) is 12.5. The summed E-state index contributed by atoms with van der Waals surface area (Å²) in [7, 11) is 0. The highest BCUT2D eigenvalue weighted by Crippen LogP contribution is 2.44. The van der Waals surface area contributed by atoms with Crippen LogP contribution >= 0.6 is 0 Å². The zero-order valence-corrected chi connectivity index (χ0v) is 33.0. The molecule has 0 radical (unpaired) electrons. The van der Waals surface area contributed by atoms with Gasteiger partial charge < -0.3 is 18.6 Å². The molecule has 0 aliphatic carbocycles. The van der Waals surface area contributed by atoms with Gasteiger partial charge in [0.15, 0.2) is 0 Å². The third-order valence-electron chi connectivity index (χ3n) is 12.2. The minimum absolute atomic E-state index is 0.276. The van der Waals surface area contributed by atoms with Crippen molar-refractivity contribution in [1.29, 1.82) is 5.26 Å². The molecule has 5 nitrogen and oxygen atoms in total. The number of halogens is 2. The van der Waals surface area contributed by atoms with Gasteiger partial charge in [0.05, 0.1) is 44.7 Å². The summed E-state index contributed by atoms with van der Waals surface area (Å²) in [5.74, 6) is -0.551. The van der Waals surface area contributed by atoms with Crippen molar-refractivity contribution in [1.82, 2.24) is 13.7 Å². The van der Waals surface area contributed by atoms with Crippen LogP contribution in [0.2, 0.25) is 0 Å². The lowest BCUT2D eigenvalue weighted by Crippen LogP contribution is -2.10. The van der Waals surface area contributed by atoms with E-state index in [0.717, 1.165) is 99.5 Å². The number of fused-ring (bicyclic) bond motifs is 9. The average molecular weight is 802 g/mol.